The molecule has 1 saturated heterocycles. The Labute approximate surface area is 174 Å². The Morgan fingerprint density at radius 2 is 1.97 bits per heavy atom. The lowest BCUT2D eigenvalue weighted by Gasteiger charge is -2.36. The summed E-state index contributed by atoms with van der Waals surface area (Å²) in [6.07, 6.45) is -3.17. The zero-order chi connectivity index (χ0) is 22.1. The molecule has 0 atom stereocenters. The summed E-state index contributed by atoms with van der Waals surface area (Å²) in [6, 6.07) is 0. The molecule has 0 unspecified atom stereocenters. The minimum absolute atomic E-state index is 0.0340. The minimum atomic E-state index is -4.51. The molecule has 0 spiro atoms. The second-order valence-electron chi connectivity index (χ2n) is 6.95. The van der Waals surface area contributed by atoms with Gasteiger partial charge in [-0.25, -0.2) is 4.99 Å². The third-order valence-corrected chi connectivity index (χ3v) is 4.57. The van der Waals surface area contributed by atoms with Crippen molar-refractivity contribution in [2.45, 2.75) is 19.6 Å². The lowest BCUT2D eigenvalue weighted by Crippen LogP contribution is -2.54. The van der Waals surface area contributed by atoms with Crippen LogP contribution in [0.1, 0.15) is 18.2 Å². The minimum Gasteiger partial charge on any atom is -0.383 e. The Morgan fingerprint density at radius 3 is 2.57 bits per heavy atom. The summed E-state index contributed by atoms with van der Waals surface area (Å²) in [7, 11) is 3.03. The van der Waals surface area contributed by atoms with Crippen molar-refractivity contribution in [3.63, 3.8) is 0 Å². The largest absolute Gasteiger partial charge is 0.435 e. The topological polar surface area (TPSA) is 87.0 Å². The van der Waals surface area contributed by atoms with Gasteiger partial charge in [-0.05, 0) is 6.92 Å². The second-order valence-corrected chi connectivity index (χ2v) is 6.95. The predicted molar refractivity (Wildman–Crippen MR) is 106 cm³/mol. The molecule has 0 aliphatic carbocycles. The number of amides is 1. The van der Waals surface area contributed by atoms with Gasteiger partial charge < -0.3 is 20.3 Å². The van der Waals surface area contributed by atoms with Crippen LogP contribution in [0.5, 0.6) is 0 Å². The van der Waals surface area contributed by atoms with Crippen LogP contribution in [-0.2, 0) is 29.3 Å². The number of piperazine rings is 1. The summed E-state index contributed by atoms with van der Waals surface area (Å²) in [5.74, 6) is 0.496. The number of aryl methyl sites for hydroxylation is 1. The van der Waals surface area contributed by atoms with Crippen molar-refractivity contribution in [2.24, 2.45) is 12.0 Å². The van der Waals surface area contributed by atoms with Crippen molar-refractivity contribution in [1.29, 1.82) is 0 Å². The van der Waals surface area contributed by atoms with Crippen molar-refractivity contribution in [2.75, 3.05) is 59.5 Å². The van der Waals surface area contributed by atoms with Crippen LogP contribution in [0.3, 0.4) is 0 Å². The first-order valence-electron chi connectivity index (χ1n) is 9.85. The van der Waals surface area contributed by atoms with E-state index in [9.17, 15) is 18.0 Å². The lowest BCUT2D eigenvalue weighted by atomic mass is 10.2. The van der Waals surface area contributed by atoms with Crippen LogP contribution < -0.4 is 10.6 Å². The SMILES string of the molecule is CCNC(=NCc1cn(C)nc1C(F)(F)F)N1CCN(CC(=O)NCCOC)CC1. The Morgan fingerprint density at radius 1 is 1.27 bits per heavy atom. The summed E-state index contributed by atoms with van der Waals surface area (Å²) in [5, 5.41) is 9.44. The zero-order valence-corrected chi connectivity index (χ0v) is 17.6. The van der Waals surface area contributed by atoms with Crippen LogP contribution >= 0.6 is 0 Å². The highest BCUT2D eigenvalue weighted by Gasteiger charge is 2.36. The number of hydrogen-bond acceptors (Lipinski definition) is 5. The van der Waals surface area contributed by atoms with Crippen LogP contribution in [0.15, 0.2) is 11.2 Å². The molecule has 1 aromatic heterocycles. The van der Waals surface area contributed by atoms with Gasteiger partial charge in [0.15, 0.2) is 11.7 Å². The molecule has 0 radical (unpaired) electrons. The van der Waals surface area contributed by atoms with E-state index in [0.717, 1.165) is 4.68 Å². The van der Waals surface area contributed by atoms with Crippen molar-refractivity contribution in [1.82, 2.24) is 30.2 Å². The van der Waals surface area contributed by atoms with Gasteiger partial charge in [0.05, 0.1) is 19.7 Å². The van der Waals surface area contributed by atoms with E-state index in [1.165, 1.54) is 13.2 Å². The molecule has 170 valence electrons. The molecule has 9 nitrogen and oxygen atoms in total. The van der Waals surface area contributed by atoms with Gasteiger partial charge in [0.25, 0.3) is 0 Å². The number of carbonyl (C=O) groups is 1. The number of ether oxygens (including phenoxy) is 1. The highest BCUT2D eigenvalue weighted by Crippen LogP contribution is 2.30. The van der Waals surface area contributed by atoms with Gasteiger partial charge in [0.2, 0.25) is 5.91 Å². The Kier molecular flexibility index (Phi) is 8.90. The number of alkyl halides is 3. The predicted octanol–water partition coefficient (Wildman–Crippen LogP) is 0.285. The summed E-state index contributed by atoms with van der Waals surface area (Å²) in [6.45, 7) is 6.18. The van der Waals surface area contributed by atoms with Crippen LogP contribution in [0.2, 0.25) is 0 Å². The van der Waals surface area contributed by atoms with Gasteiger partial charge in [-0.15, -0.1) is 0 Å². The van der Waals surface area contributed by atoms with E-state index in [0.29, 0.717) is 58.4 Å². The monoisotopic (exact) mass is 433 g/mol. The fourth-order valence-corrected chi connectivity index (χ4v) is 3.15. The number of hydrogen-bond donors (Lipinski definition) is 2. The molecule has 2 rings (SSSR count). The first-order chi connectivity index (χ1) is 14.2. The highest BCUT2D eigenvalue weighted by atomic mass is 19.4. The van der Waals surface area contributed by atoms with Crippen LogP contribution in [-0.4, -0.2) is 91.0 Å². The highest BCUT2D eigenvalue weighted by molar-refractivity contribution is 5.80. The number of carbonyl (C=O) groups excluding carboxylic acids is 1. The smallest absolute Gasteiger partial charge is 0.383 e. The van der Waals surface area contributed by atoms with E-state index >= 15 is 0 Å². The number of aliphatic imine (C=N–C) groups is 1. The molecule has 1 fully saturated rings. The Hall–Kier alpha value is -2.34. The molecule has 1 aliphatic heterocycles. The first kappa shape index (κ1) is 23.9. The molecule has 0 saturated carbocycles. The fraction of sp³-hybridized carbons (Fsp3) is 0.722. The van der Waals surface area contributed by atoms with Gasteiger partial charge in [-0.1, -0.05) is 0 Å². The molecule has 12 heteroatoms. The number of aromatic nitrogens is 2. The molecule has 0 bridgehead atoms. The molecule has 2 N–H and O–H groups in total. The molecule has 1 amide bonds. The van der Waals surface area contributed by atoms with Gasteiger partial charge in [-0.3, -0.25) is 14.4 Å². The zero-order valence-electron chi connectivity index (χ0n) is 17.6. The van der Waals surface area contributed by atoms with E-state index in [-0.39, 0.29) is 18.0 Å². The van der Waals surface area contributed by atoms with E-state index in [4.69, 9.17) is 4.74 Å². The third kappa shape index (κ3) is 7.17. The summed E-state index contributed by atoms with van der Waals surface area (Å²) < 4.78 is 45.5. The number of methoxy groups -OCH3 is 1. The Bertz CT molecular complexity index is 713. The molecular formula is C18H30F3N7O2. The normalized spacial score (nSPS) is 16.1. The first-order valence-corrected chi connectivity index (χ1v) is 9.85. The van der Waals surface area contributed by atoms with Crippen LogP contribution in [0.25, 0.3) is 0 Å². The summed E-state index contributed by atoms with van der Waals surface area (Å²) >= 11 is 0. The lowest BCUT2D eigenvalue weighted by molar-refractivity contribution is -0.142. The maximum atomic E-state index is 13.1. The average Bonchev–Trinajstić information content (AvgIpc) is 3.07. The fourth-order valence-electron chi connectivity index (χ4n) is 3.15. The van der Waals surface area contributed by atoms with Crippen molar-refractivity contribution in [3.05, 3.63) is 17.5 Å². The maximum absolute atomic E-state index is 13.1. The quantitative estimate of drug-likeness (QED) is 0.348. The van der Waals surface area contributed by atoms with Crippen LogP contribution in [0.4, 0.5) is 13.2 Å². The second kappa shape index (κ2) is 11.2. The average molecular weight is 433 g/mol. The molecule has 1 aromatic rings. The molecule has 1 aliphatic rings. The molecule has 2 heterocycles. The van der Waals surface area contributed by atoms with Gasteiger partial charge in [0.1, 0.15) is 0 Å². The van der Waals surface area contributed by atoms with Crippen molar-refractivity contribution >= 4 is 11.9 Å². The van der Waals surface area contributed by atoms with E-state index in [1.807, 2.05) is 16.7 Å². The van der Waals surface area contributed by atoms with Gasteiger partial charge >= 0.3 is 6.18 Å². The number of rotatable bonds is 8. The molecule has 30 heavy (non-hydrogen) atoms. The molecule has 0 aromatic carbocycles. The van der Waals surface area contributed by atoms with E-state index in [2.05, 4.69) is 20.7 Å². The number of guanidine groups is 1. The molecular weight excluding hydrogens is 403 g/mol. The summed E-state index contributed by atoms with van der Waals surface area (Å²) in [4.78, 5) is 20.3. The number of nitrogens with zero attached hydrogens (tertiary/aromatic N) is 5. The third-order valence-electron chi connectivity index (χ3n) is 4.57. The van der Waals surface area contributed by atoms with Gasteiger partial charge in [-0.2, -0.15) is 18.3 Å². The number of nitrogens with one attached hydrogen (secondary N) is 2. The van der Waals surface area contributed by atoms with Crippen molar-refractivity contribution < 1.29 is 22.7 Å². The van der Waals surface area contributed by atoms with E-state index < -0.39 is 11.9 Å². The van der Waals surface area contributed by atoms with Gasteiger partial charge in [0, 0.05) is 65.2 Å². The standard InChI is InChI=1S/C18H30F3N7O2/c1-4-22-17(24-11-14-12-26(2)25-16(14)18(19,20)21)28-8-6-27(7-9-28)13-15(29)23-5-10-30-3/h12H,4-11,13H2,1-3H3,(H,22,24)(H,23,29). The van der Waals surface area contributed by atoms with E-state index in [1.54, 1.807) is 7.11 Å². The summed E-state index contributed by atoms with van der Waals surface area (Å²) in [5.41, 5.74) is -0.874. The maximum Gasteiger partial charge on any atom is 0.435 e. The van der Waals surface area contributed by atoms with Crippen LogP contribution in [0, 0.1) is 0 Å². The Balaban J connectivity index is 1.94. The number of halogens is 3. The van der Waals surface area contributed by atoms with Crippen molar-refractivity contribution in [3.8, 4) is 0 Å².